The summed E-state index contributed by atoms with van der Waals surface area (Å²) in [6.07, 6.45) is 1.02. The molecule has 1 unspecified atom stereocenters. The van der Waals surface area contributed by atoms with E-state index in [-0.39, 0.29) is 5.91 Å². The number of rotatable bonds is 3. The minimum atomic E-state index is 0.199. The summed E-state index contributed by atoms with van der Waals surface area (Å²) in [5.41, 5.74) is 2.40. The number of nitrogens with one attached hydrogen (secondary N) is 1. The summed E-state index contributed by atoms with van der Waals surface area (Å²) in [6.45, 7) is 4.41. The van der Waals surface area contributed by atoms with E-state index in [9.17, 15) is 4.79 Å². The van der Waals surface area contributed by atoms with Crippen molar-refractivity contribution in [2.45, 2.75) is 19.4 Å². The smallest absolute Gasteiger partial charge is 0.241 e. The quantitative estimate of drug-likeness (QED) is 0.898. The fourth-order valence-electron chi connectivity index (χ4n) is 2.35. The van der Waals surface area contributed by atoms with Crippen molar-refractivity contribution < 1.29 is 4.79 Å². The van der Waals surface area contributed by atoms with E-state index >= 15 is 0 Å². The maximum Gasteiger partial charge on any atom is 0.241 e. The Morgan fingerprint density at radius 3 is 2.53 bits per heavy atom. The van der Waals surface area contributed by atoms with Crippen molar-refractivity contribution in [3.05, 3.63) is 29.8 Å². The van der Waals surface area contributed by atoms with Gasteiger partial charge in [-0.1, -0.05) is 12.1 Å². The first-order valence-electron chi connectivity index (χ1n) is 6.88. The largest absolute Gasteiger partial charge is 0.362 e. The monoisotopic (exact) mass is 261 g/mol. The van der Waals surface area contributed by atoms with Crippen LogP contribution in [0, 0.1) is 0 Å². The topological polar surface area (TPSA) is 35.6 Å². The summed E-state index contributed by atoms with van der Waals surface area (Å²) in [6, 6.07) is 8.85. The Morgan fingerprint density at radius 2 is 1.89 bits per heavy atom. The van der Waals surface area contributed by atoms with Gasteiger partial charge in [0.15, 0.2) is 0 Å². The molecule has 1 amide bonds. The van der Waals surface area contributed by atoms with Gasteiger partial charge in [-0.3, -0.25) is 4.79 Å². The van der Waals surface area contributed by atoms with Gasteiger partial charge in [0.25, 0.3) is 0 Å². The fourth-order valence-corrected chi connectivity index (χ4v) is 2.35. The second-order valence-electron chi connectivity index (χ2n) is 5.19. The molecule has 0 saturated carbocycles. The van der Waals surface area contributed by atoms with Gasteiger partial charge in [-0.25, -0.2) is 0 Å². The number of anilines is 1. The summed E-state index contributed by atoms with van der Waals surface area (Å²) >= 11 is 0. The number of hydrogen-bond donors (Lipinski definition) is 1. The van der Waals surface area contributed by atoms with Crippen LogP contribution in [-0.2, 0) is 4.79 Å². The molecule has 1 aromatic rings. The average Bonchev–Trinajstić information content (AvgIpc) is 2.60. The lowest BCUT2D eigenvalue weighted by Gasteiger charge is -2.22. The zero-order chi connectivity index (χ0) is 13.8. The van der Waals surface area contributed by atoms with Gasteiger partial charge in [0.1, 0.15) is 0 Å². The van der Waals surface area contributed by atoms with Crippen LogP contribution in [0.1, 0.15) is 24.9 Å². The molecule has 0 radical (unpaired) electrons. The van der Waals surface area contributed by atoms with Crippen LogP contribution in [0.4, 0.5) is 5.69 Å². The van der Waals surface area contributed by atoms with E-state index in [0.29, 0.717) is 12.6 Å². The van der Waals surface area contributed by atoms with Crippen molar-refractivity contribution in [1.29, 1.82) is 0 Å². The third-order valence-electron chi connectivity index (χ3n) is 3.86. The van der Waals surface area contributed by atoms with E-state index in [1.807, 2.05) is 19.0 Å². The van der Waals surface area contributed by atoms with Gasteiger partial charge in [-0.05, 0) is 38.1 Å². The summed E-state index contributed by atoms with van der Waals surface area (Å²) < 4.78 is 0. The number of carbonyl (C=O) groups excluding carboxylic acids is 1. The number of likely N-dealkylation sites (N-methyl/N-ethyl adjacent to an activating group) is 1. The average molecular weight is 261 g/mol. The van der Waals surface area contributed by atoms with Crippen molar-refractivity contribution >= 4 is 11.6 Å². The fraction of sp³-hybridized carbons (Fsp3) is 0.533. The Morgan fingerprint density at radius 1 is 1.21 bits per heavy atom. The van der Waals surface area contributed by atoms with Crippen LogP contribution in [-0.4, -0.2) is 44.5 Å². The number of carbonyl (C=O) groups is 1. The highest BCUT2D eigenvalue weighted by Crippen LogP contribution is 2.20. The Balaban J connectivity index is 2.11. The number of amides is 1. The predicted molar refractivity (Wildman–Crippen MR) is 78.4 cm³/mol. The first-order chi connectivity index (χ1) is 9.11. The van der Waals surface area contributed by atoms with Gasteiger partial charge in [0, 0.05) is 31.9 Å². The molecule has 1 aliphatic heterocycles. The van der Waals surface area contributed by atoms with E-state index in [1.165, 1.54) is 5.56 Å². The lowest BCUT2D eigenvalue weighted by Crippen LogP contribution is -2.34. The second kappa shape index (κ2) is 6.06. The Labute approximate surface area is 115 Å². The molecular weight excluding hydrogens is 238 g/mol. The van der Waals surface area contributed by atoms with Crippen LogP contribution in [0.3, 0.4) is 0 Å². The molecule has 1 aromatic carbocycles. The highest BCUT2D eigenvalue weighted by Gasteiger charge is 2.19. The van der Waals surface area contributed by atoms with E-state index in [2.05, 4.69) is 41.4 Å². The van der Waals surface area contributed by atoms with Gasteiger partial charge in [-0.2, -0.15) is 0 Å². The third kappa shape index (κ3) is 3.26. The van der Waals surface area contributed by atoms with Crippen LogP contribution in [0.2, 0.25) is 0 Å². The van der Waals surface area contributed by atoms with Gasteiger partial charge in [-0.15, -0.1) is 0 Å². The SMILES string of the molecule is CNC(C)c1ccc(N2CCCN(C)C(=O)C2)cc1. The molecule has 104 valence electrons. The van der Waals surface area contributed by atoms with Crippen LogP contribution in [0.5, 0.6) is 0 Å². The zero-order valence-corrected chi connectivity index (χ0v) is 12.0. The first-order valence-corrected chi connectivity index (χ1v) is 6.88. The number of benzene rings is 1. The highest BCUT2D eigenvalue weighted by atomic mass is 16.2. The number of hydrogen-bond acceptors (Lipinski definition) is 3. The minimum Gasteiger partial charge on any atom is -0.362 e. The van der Waals surface area contributed by atoms with Gasteiger partial charge >= 0.3 is 0 Å². The molecule has 0 bridgehead atoms. The zero-order valence-electron chi connectivity index (χ0n) is 12.0. The molecule has 0 spiro atoms. The molecule has 0 aromatic heterocycles. The van der Waals surface area contributed by atoms with E-state index in [1.54, 1.807) is 0 Å². The molecule has 1 heterocycles. The van der Waals surface area contributed by atoms with Gasteiger partial charge < -0.3 is 15.1 Å². The summed E-state index contributed by atoms with van der Waals surface area (Å²) in [5, 5.41) is 3.23. The summed E-state index contributed by atoms with van der Waals surface area (Å²) in [5.74, 6) is 0.199. The van der Waals surface area contributed by atoms with Crippen LogP contribution in [0.25, 0.3) is 0 Å². The third-order valence-corrected chi connectivity index (χ3v) is 3.86. The van der Waals surface area contributed by atoms with Gasteiger partial charge in [0.2, 0.25) is 5.91 Å². The molecule has 1 saturated heterocycles. The highest BCUT2D eigenvalue weighted by molar-refractivity contribution is 5.81. The maximum atomic E-state index is 11.9. The van der Waals surface area contributed by atoms with E-state index in [0.717, 1.165) is 25.2 Å². The normalized spacial score (nSPS) is 18.4. The van der Waals surface area contributed by atoms with Crippen LogP contribution >= 0.6 is 0 Å². The molecule has 1 fully saturated rings. The molecule has 19 heavy (non-hydrogen) atoms. The first kappa shape index (κ1) is 13.9. The minimum absolute atomic E-state index is 0.199. The summed E-state index contributed by atoms with van der Waals surface area (Å²) in [7, 11) is 3.84. The Bertz CT molecular complexity index is 430. The van der Waals surface area contributed by atoms with Crippen molar-refractivity contribution in [2.75, 3.05) is 38.6 Å². The lowest BCUT2D eigenvalue weighted by molar-refractivity contribution is -0.127. The van der Waals surface area contributed by atoms with Crippen LogP contribution < -0.4 is 10.2 Å². The molecular formula is C15H23N3O. The Hall–Kier alpha value is -1.55. The molecule has 1 atom stereocenters. The second-order valence-corrected chi connectivity index (χ2v) is 5.19. The Kier molecular flexibility index (Phi) is 4.43. The standard InChI is InChI=1S/C15H23N3O/c1-12(16-2)13-5-7-14(8-6-13)18-10-4-9-17(3)15(19)11-18/h5-8,12,16H,4,9-11H2,1-3H3. The van der Waals surface area contributed by atoms with Crippen molar-refractivity contribution in [2.24, 2.45) is 0 Å². The molecule has 4 nitrogen and oxygen atoms in total. The maximum absolute atomic E-state index is 11.9. The molecule has 1 aliphatic rings. The number of nitrogens with zero attached hydrogens (tertiary/aromatic N) is 2. The molecule has 2 rings (SSSR count). The molecule has 1 N–H and O–H groups in total. The van der Waals surface area contributed by atoms with Crippen molar-refractivity contribution in [3.8, 4) is 0 Å². The van der Waals surface area contributed by atoms with E-state index < -0.39 is 0 Å². The van der Waals surface area contributed by atoms with E-state index in [4.69, 9.17) is 0 Å². The summed E-state index contributed by atoms with van der Waals surface area (Å²) in [4.78, 5) is 15.9. The lowest BCUT2D eigenvalue weighted by atomic mass is 10.1. The molecule has 4 heteroatoms. The van der Waals surface area contributed by atoms with Gasteiger partial charge in [0.05, 0.1) is 6.54 Å². The predicted octanol–water partition coefficient (Wildman–Crippen LogP) is 1.64. The van der Waals surface area contributed by atoms with Crippen molar-refractivity contribution in [1.82, 2.24) is 10.2 Å². The van der Waals surface area contributed by atoms with Crippen LogP contribution in [0.15, 0.2) is 24.3 Å². The molecule has 0 aliphatic carbocycles. The van der Waals surface area contributed by atoms with Crippen molar-refractivity contribution in [3.63, 3.8) is 0 Å².